The molecule has 0 saturated carbocycles. The Morgan fingerprint density at radius 3 is 2.48 bits per heavy atom. The van der Waals surface area contributed by atoms with E-state index in [1.807, 2.05) is 44.1 Å². The summed E-state index contributed by atoms with van der Waals surface area (Å²) in [7, 11) is 3.97. The Kier molecular flexibility index (Phi) is 4.07. The van der Waals surface area contributed by atoms with Crippen molar-refractivity contribution in [2.24, 2.45) is 0 Å². The number of nitrogens with zero attached hydrogens (tertiary/aromatic N) is 3. The maximum absolute atomic E-state index is 10.8. The molecule has 2 rings (SSSR count). The van der Waals surface area contributed by atoms with Crippen LogP contribution >= 0.6 is 0 Å². The van der Waals surface area contributed by atoms with E-state index in [0.29, 0.717) is 11.5 Å². The van der Waals surface area contributed by atoms with Crippen LogP contribution in [0.15, 0.2) is 30.3 Å². The third kappa shape index (κ3) is 3.10. The molecular formula is C15H18N4O2. The fourth-order valence-electron chi connectivity index (χ4n) is 2.20. The van der Waals surface area contributed by atoms with Gasteiger partial charge in [0, 0.05) is 31.5 Å². The Morgan fingerprint density at radius 2 is 1.90 bits per heavy atom. The van der Waals surface area contributed by atoms with Crippen LogP contribution in [0.4, 0.5) is 22.9 Å². The summed E-state index contributed by atoms with van der Waals surface area (Å²) in [6.45, 7) is 3.66. The fraction of sp³-hybridized carbons (Fsp3) is 0.267. The second kappa shape index (κ2) is 5.78. The highest BCUT2D eigenvalue weighted by molar-refractivity contribution is 5.70. The van der Waals surface area contributed by atoms with Crippen LogP contribution in [0, 0.1) is 24.0 Å². The molecule has 0 spiro atoms. The Labute approximate surface area is 123 Å². The molecule has 0 atom stereocenters. The van der Waals surface area contributed by atoms with Gasteiger partial charge in [-0.1, -0.05) is 6.07 Å². The number of hydrogen-bond donors (Lipinski definition) is 1. The normalized spacial score (nSPS) is 10.3. The fourth-order valence-corrected chi connectivity index (χ4v) is 2.20. The van der Waals surface area contributed by atoms with Crippen LogP contribution in [0.5, 0.6) is 0 Å². The van der Waals surface area contributed by atoms with E-state index >= 15 is 0 Å². The summed E-state index contributed by atoms with van der Waals surface area (Å²) in [5.74, 6) is 0.595. The van der Waals surface area contributed by atoms with E-state index in [-0.39, 0.29) is 5.69 Å². The molecule has 0 amide bonds. The lowest BCUT2D eigenvalue weighted by Crippen LogP contribution is -2.11. The molecule has 110 valence electrons. The molecule has 2 aromatic rings. The summed E-state index contributed by atoms with van der Waals surface area (Å²) in [5.41, 5.74) is 3.56. The third-order valence-corrected chi connectivity index (χ3v) is 3.30. The van der Waals surface area contributed by atoms with E-state index in [1.165, 1.54) is 6.07 Å². The van der Waals surface area contributed by atoms with Crippen molar-refractivity contribution >= 4 is 22.9 Å². The lowest BCUT2D eigenvalue weighted by atomic mass is 10.1. The van der Waals surface area contributed by atoms with Gasteiger partial charge in [-0.05, 0) is 37.6 Å². The smallest absolute Gasteiger partial charge is 0.290 e. The van der Waals surface area contributed by atoms with Gasteiger partial charge in [-0.2, -0.15) is 0 Å². The van der Waals surface area contributed by atoms with Gasteiger partial charge in [0.2, 0.25) is 0 Å². The molecule has 6 nitrogen and oxygen atoms in total. The minimum atomic E-state index is -0.427. The van der Waals surface area contributed by atoms with E-state index in [2.05, 4.69) is 10.3 Å². The molecule has 0 aliphatic heterocycles. The van der Waals surface area contributed by atoms with Crippen molar-refractivity contribution < 1.29 is 4.92 Å². The van der Waals surface area contributed by atoms with Gasteiger partial charge in [0.05, 0.1) is 4.92 Å². The summed E-state index contributed by atoms with van der Waals surface area (Å²) in [6, 6.07) is 9.04. The number of nitrogens with one attached hydrogen (secondary N) is 1. The molecule has 0 unspecified atom stereocenters. The van der Waals surface area contributed by atoms with Crippen molar-refractivity contribution in [3.05, 3.63) is 51.7 Å². The van der Waals surface area contributed by atoms with Crippen LogP contribution in [0.2, 0.25) is 0 Å². The lowest BCUT2D eigenvalue weighted by molar-refractivity contribution is -0.385. The molecule has 0 fully saturated rings. The largest absolute Gasteiger partial charge is 0.377 e. The minimum absolute atomic E-state index is 0.0271. The SMILES string of the molecule is Cc1nc(Nc2cccc(N(C)C)c2C)ccc1[N+](=O)[O-]. The van der Waals surface area contributed by atoms with Crippen molar-refractivity contribution in [1.82, 2.24) is 4.98 Å². The van der Waals surface area contributed by atoms with Gasteiger partial charge in [0.1, 0.15) is 11.5 Å². The van der Waals surface area contributed by atoms with Crippen LogP contribution in [0.1, 0.15) is 11.3 Å². The van der Waals surface area contributed by atoms with Crippen LogP contribution < -0.4 is 10.2 Å². The molecule has 1 aromatic carbocycles. The summed E-state index contributed by atoms with van der Waals surface area (Å²) in [5, 5.41) is 14.0. The molecule has 1 N–H and O–H groups in total. The molecule has 0 radical (unpaired) electrons. The predicted molar refractivity (Wildman–Crippen MR) is 84.4 cm³/mol. The van der Waals surface area contributed by atoms with Gasteiger partial charge in [0.15, 0.2) is 0 Å². The minimum Gasteiger partial charge on any atom is -0.377 e. The number of pyridine rings is 1. The summed E-state index contributed by atoms with van der Waals surface area (Å²) < 4.78 is 0. The summed E-state index contributed by atoms with van der Waals surface area (Å²) >= 11 is 0. The third-order valence-electron chi connectivity index (χ3n) is 3.30. The van der Waals surface area contributed by atoms with E-state index in [0.717, 1.165) is 16.9 Å². The zero-order valence-electron chi connectivity index (χ0n) is 12.5. The second-order valence-electron chi connectivity index (χ2n) is 5.03. The van der Waals surface area contributed by atoms with Gasteiger partial charge in [-0.15, -0.1) is 0 Å². The van der Waals surface area contributed by atoms with Crippen LogP contribution in [0.3, 0.4) is 0 Å². The summed E-state index contributed by atoms with van der Waals surface area (Å²) in [6.07, 6.45) is 0. The molecule has 0 aliphatic rings. The molecule has 6 heteroatoms. The molecular weight excluding hydrogens is 268 g/mol. The second-order valence-corrected chi connectivity index (χ2v) is 5.03. The highest BCUT2D eigenvalue weighted by atomic mass is 16.6. The first kappa shape index (κ1) is 14.8. The maximum atomic E-state index is 10.8. The molecule has 0 bridgehead atoms. The van der Waals surface area contributed by atoms with E-state index in [1.54, 1.807) is 13.0 Å². The number of hydrogen-bond acceptors (Lipinski definition) is 5. The number of anilines is 3. The number of aromatic nitrogens is 1. The van der Waals surface area contributed by atoms with E-state index < -0.39 is 4.92 Å². The van der Waals surface area contributed by atoms with Crippen LogP contribution in [0.25, 0.3) is 0 Å². The van der Waals surface area contributed by atoms with Crippen LogP contribution in [-0.2, 0) is 0 Å². The maximum Gasteiger partial charge on any atom is 0.290 e. The molecule has 0 aliphatic carbocycles. The Morgan fingerprint density at radius 1 is 1.19 bits per heavy atom. The first-order valence-corrected chi connectivity index (χ1v) is 6.56. The zero-order valence-corrected chi connectivity index (χ0v) is 12.5. The van der Waals surface area contributed by atoms with Gasteiger partial charge in [-0.25, -0.2) is 4.98 Å². The Hall–Kier alpha value is -2.63. The lowest BCUT2D eigenvalue weighted by Gasteiger charge is -2.18. The van der Waals surface area contributed by atoms with E-state index in [4.69, 9.17) is 0 Å². The number of nitro groups is 1. The van der Waals surface area contributed by atoms with Gasteiger partial charge >= 0.3 is 0 Å². The zero-order chi connectivity index (χ0) is 15.6. The molecule has 21 heavy (non-hydrogen) atoms. The quantitative estimate of drug-likeness (QED) is 0.688. The number of benzene rings is 1. The highest BCUT2D eigenvalue weighted by Gasteiger charge is 2.12. The van der Waals surface area contributed by atoms with Crippen LogP contribution in [-0.4, -0.2) is 24.0 Å². The molecule has 1 heterocycles. The van der Waals surface area contributed by atoms with Crippen molar-refractivity contribution in [3.8, 4) is 0 Å². The first-order chi connectivity index (χ1) is 9.90. The molecule has 1 aromatic heterocycles. The number of rotatable bonds is 4. The number of aryl methyl sites for hydroxylation is 1. The van der Waals surface area contributed by atoms with Gasteiger partial charge in [0.25, 0.3) is 5.69 Å². The van der Waals surface area contributed by atoms with Crippen molar-refractivity contribution in [1.29, 1.82) is 0 Å². The van der Waals surface area contributed by atoms with E-state index in [9.17, 15) is 10.1 Å². The summed E-state index contributed by atoms with van der Waals surface area (Å²) in [4.78, 5) is 16.7. The molecule has 0 saturated heterocycles. The Balaban J connectivity index is 2.33. The van der Waals surface area contributed by atoms with Gasteiger partial charge in [-0.3, -0.25) is 10.1 Å². The average Bonchev–Trinajstić information content (AvgIpc) is 2.40. The highest BCUT2D eigenvalue weighted by Crippen LogP contribution is 2.28. The first-order valence-electron chi connectivity index (χ1n) is 6.56. The predicted octanol–water partition coefficient (Wildman–Crippen LogP) is 3.42. The monoisotopic (exact) mass is 286 g/mol. The van der Waals surface area contributed by atoms with Gasteiger partial charge < -0.3 is 10.2 Å². The topological polar surface area (TPSA) is 71.3 Å². The van der Waals surface area contributed by atoms with Crippen molar-refractivity contribution in [3.63, 3.8) is 0 Å². The average molecular weight is 286 g/mol. The Bertz CT molecular complexity index is 683. The van der Waals surface area contributed by atoms with Crippen molar-refractivity contribution in [2.45, 2.75) is 13.8 Å². The van der Waals surface area contributed by atoms with Crippen molar-refractivity contribution in [2.75, 3.05) is 24.3 Å². The standard InChI is InChI=1S/C15H18N4O2/c1-10-12(6-5-7-13(10)18(3)4)17-15-9-8-14(19(20)21)11(2)16-15/h5-9H,1-4H3,(H,16,17).